The van der Waals surface area contributed by atoms with Crippen LogP contribution in [-0.2, 0) is 20.5 Å². The van der Waals surface area contributed by atoms with Crippen molar-refractivity contribution < 1.29 is 37.0 Å². The minimum Gasteiger partial charge on any atom is -0.482 e. The molecule has 0 saturated heterocycles. The Bertz CT molecular complexity index is 687. The molecule has 148 valence electrons. The Morgan fingerprint density at radius 1 is 1.11 bits per heavy atom. The van der Waals surface area contributed by atoms with Gasteiger partial charge in [-0.2, -0.15) is 13.2 Å². The van der Waals surface area contributed by atoms with Gasteiger partial charge in [0, 0.05) is 6.04 Å². The fourth-order valence-corrected chi connectivity index (χ4v) is 2.55. The third-order valence-electron chi connectivity index (χ3n) is 3.83. The maximum atomic E-state index is 12.6. The highest BCUT2D eigenvalue weighted by molar-refractivity contribution is 5.95. The number of alkyl halides is 3. The zero-order valence-corrected chi connectivity index (χ0v) is 14.3. The highest BCUT2D eigenvalue weighted by Crippen LogP contribution is 2.31. The van der Waals surface area contributed by atoms with Gasteiger partial charge in [0.2, 0.25) is 0 Å². The van der Waals surface area contributed by atoms with E-state index in [-0.39, 0.29) is 11.8 Å². The van der Waals surface area contributed by atoms with Gasteiger partial charge in [-0.05, 0) is 31.0 Å². The Morgan fingerprint density at radius 2 is 1.81 bits per heavy atom. The fraction of sp³-hybridized carbons (Fsp3) is 0.471. The lowest BCUT2D eigenvalue weighted by molar-refractivity contribution is -0.150. The van der Waals surface area contributed by atoms with E-state index in [0.717, 1.165) is 43.9 Å². The molecule has 1 aromatic carbocycles. The summed E-state index contributed by atoms with van der Waals surface area (Å²) in [4.78, 5) is 34.6. The molecule has 0 aliphatic heterocycles. The van der Waals surface area contributed by atoms with Crippen molar-refractivity contribution in [2.75, 3.05) is 13.2 Å². The second-order valence-electron chi connectivity index (χ2n) is 5.98. The number of ether oxygens (including phenoxy) is 2. The van der Waals surface area contributed by atoms with Gasteiger partial charge >= 0.3 is 18.2 Å². The molecule has 0 bridgehead atoms. The third-order valence-corrected chi connectivity index (χ3v) is 3.83. The van der Waals surface area contributed by atoms with Crippen molar-refractivity contribution >= 4 is 17.9 Å². The van der Waals surface area contributed by atoms with Crippen LogP contribution in [0.5, 0.6) is 5.75 Å². The number of rotatable bonds is 6. The molecule has 0 heterocycles. The first kappa shape index (κ1) is 20.5. The number of hydrogen-bond acceptors (Lipinski definition) is 5. The molecule has 2 rings (SSSR count). The van der Waals surface area contributed by atoms with E-state index in [1.165, 1.54) is 6.07 Å². The molecule has 0 radical (unpaired) electrons. The molecule has 2 N–H and O–H groups in total. The Balaban J connectivity index is 1.68. The van der Waals surface area contributed by atoms with Crippen molar-refractivity contribution in [3.05, 3.63) is 29.8 Å². The molecule has 1 aromatic rings. The molecule has 10 heteroatoms. The zero-order valence-electron chi connectivity index (χ0n) is 14.3. The van der Waals surface area contributed by atoms with Crippen LogP contribution < -0.4 is 15.4 Å². The summed E-state index contributed by atoms with van der Waals surface area (Å²) in [6.45, 7) is -1.38. The number of imide groups is 1. The quantitative estimate of drug-likeness (QED) is 0.730. The Kier molecular flexibility index (Phi) is 7.03. The number of benzene rings is 1. The van der Waals surface area contributed by atoms with Gasteiger partial charge in [-0.15, -0.1) is 0 Å². The average Bonchev–Trinajstić information content (AvgIpc) is 3.10. The van der Waals surface area contributed by atoms with Crippen molar-refractivity contribution in [3.63, 3.8) is 0 Å². The van der Waals surface area contributed by atoms with Crippen LogP contribution >= 0.6 is 0 Å². The topological polar surface area (TPSA) is 93.7 Å². The van der Waals surface area contributed by atoms with Gasteiger partial charge in [0.1, 0.15) is 5.75 Å². The Hall–Kier alpha value is -2.78. The molecule has 1 aliphatic carbocycles. The second kappa shape index (κ2) is 9.24. The molecule has 0 unspecified atom stereocenters. The SMILES string of the molecule is O=C(COC(=O)COc1cccc(C(F)(F)F)c1)NC(=O)NC1CCCC1. The summed E-state index contributed by atoms with van der Waals surface area (Å²) in [6.07, 6.45) is -0.797. The number of carbonyl (C=O) groups excluding carboxylic acids is 3. The summed E-state index contributed by atoms with van der Waals surface area (Å²) in [5.41, 5.74) is -0.916. The lowest BCUT2D eigenvalue weighted by Gasteiger charge is -2.12. The number of halogens is 3. The van der Waals surface area contributed by atoms with E-state index < -0.39 is 42.9 Å². The van der Waals surface area contributed by atoms with Crippen LogP contribution in [0, 0.1) is 0 Å². The number of urea groups is 1. The number of hydrogen-bond donors (Lipinski definition) is 2. The van der Waals surface area contributed by atoms with E-state index in [2.05, 4.69) is 10.1 Å². The number of carbonyl (C=O) groups is 3. The summed E-state index contributed by atoms with van der Waals surface area (Å²) in [6, 6.07) is 3.37. The molecule has 1 aliphatic rings. The van der Waals surface area contributed by atoms with Crippen molar-refractivity contribution in [3.8, 4) is 5.75 Å². The van der Waals surface area contributed by atoms with E-state index in [0.29, 0.717) is 0 Å². The van der Waals surface area contributed by atoms with Crippen molar-refractivity contribution in [1.82, 2.24) is 10.6 Å². The summed E-state index contributed by atoms with van der Waals surface area (Å²) in [5.74, 6) is -1.95. The van der Waals surface area contributed by atoms with Crippen molar-refractivity contribution in [1.29, 1.82) is 0 Å². The smallest absolute Gasteiger partial charge is 0.416 e. The number of esters is 1. The molecule has 1 fully saturated rings. The standard InChI is InChI=1S/C17H19F3N2O5/c18-17(19,20)11-4-3-7-13(8-11)26-10-15(24)27-9-14(23)22-16(25)21-12-5-1-2-6-12/h3-4,7-8,12H,1-2,5-6,9-10H2,(H2,21,22,23,25). The first-order valence-corrected chi connectivity index (χ1v) is 8.30. The third kappa shape index (κ3) is 7.16. The van der Waals surface area contributed by atoms with Gasteiger partial charge in [-0.25, -0.2) is 9.59 Å². The van der Waals surface area contributed by atoms with E-state index in [4.69, 9.17) is 4.74 Å². The maximum absolute atomic E-state index is 12.6. The number of nitrogens with one attached hydrogen (secondary N) is 2. The van der Waals surface area contributed by atoms with E-state index in [1.807, 2.05) is 5.32 Å². The summed E-state index contributed by atoms with van der Waals surface area (Å²) < 4.78 is 47.3. The molecule has 0 aromatic heterocycles. The first-order valence-electron chi connectivity index (χ1n) is 8.30. The van der Waals surface area contributed by atoms with Gasteiger partial charge in [0.25, 0.3) is 5.91 Å². The molecular weight excluding hydrogens is 369 g/mol. The first-order chi connectivity index (χ1) is 12.7. The summed E-state index contributed by atoms with van der Waals surface area (Å²) in [5, 5.41) is 4.66. The van der Waals surface area contributed by atoms with Crippen molar-refractivity contribution in [2.24, 2.45) is 0 Å². The maximum Gasteiger partial charge on any atom is 0.416 e. The van der Waals surface area contributed by atoms with Crippen LogP contribution in [0.4, 0.5) is 18.0 Å². The highest BCUT2D eigenvalue weighted by atomic mass is 19.4. The van der Waals surface area contributed by atoms with Crippen molar-refractivity contribution in [2.45, 2.75) is 37.9 Å². The number of amides is 3. The molecule has 0 spiro atoms. The average molecular weight is 388 g/mol. The lowest BCUT2D eigenvalue weighted by atomic mass is 10.2. The normalized spacial score (nSPS) is 14.5. The minimum absolute atomic E-state index is 0.0289. The molecule has 7 nitrogen and oxygen atoms in total. The van der Waals surface area contributed by atoms with E-state index >= 15 is 0 Å². The Labute approximate surface area is 153 Å². The van der Waals surface area contributed by atoms with Crippen LogP contribution in [0.1, 0.15) is 31.2 Å². The van der Waals surface area contributed by atoms with Gasteiger partial charge in [0.05, 0.1) is 5.56 Å². The van der Waals surface area contributed by atoms with Crippen LogP contribution in [-0.4, -0.2) is 37.2 Å². The zero-order chi connectivity index (χ0) is 19.9. The predicted octanol–water partition coefficient (Wildman–Crippen LogP) is 2.40. The molecule has 0 atom stereocenters. The molecule has 3 amide bonds. The summed E-state index contributed by atoms with van der Waals surface area (Å²) >= 11 is 0. The van der Waals surface area contributed by atoms with E-state index in [1.54, 1.807) is 0 Å². The minimum atomic E-state index is -4.53. The largest absolute Gasteiger partial charge is 0.482 e. The molecule has 27 heavy (non-hydrogen) atoms. The van der Waals surface area contributed by atoms with Crippen LogP contribution in [0.3, 0.4) is 0 Å². The molecule has 1 saturated carbocycles. The Morgan fingerprint density at radius 3 is 2.48 bits per heavy atom. The van der Waals surface area contributed by atoms with Gasteiger partial charge in [-0.1, -0.05) is 18.9 Å². The van der Waals surface area contributed by atoms with Gasteiger partial charge < -0.3 is 14.8 Å². The summed E-state index contributed by atoms with van der Waals surface area (Å²) in [7, 11) is 0. The fourth-order valence-electron chi connectivity index (χ4n) is 2.55. The molecular formula is C17H19F3N2O5. The van der Waals surface area contributed by atoms with Crippen LogP contribution in [0.25, 0.3) is 0 Å². The van der Waals surface area contributed by atoms with E-state index in [9.17, 15) is 27.6 Å². The predicted molar refractivity (Wildman–Crippen MR) is 86.8 cm³/mol. The monoisotopic (exact) mass is 388 g/mol. The lowest BCUT2D eigenvalue weighted by Crippen LogP contribution is -2.45. The van der Waals surface area contributed by atoms with Crippen LogP contribution in [0.15, 0.2) is 24.3 Å². The van der Waals surface area contributed by atoms with Gasteiger partial charge in [-0.3, -0.25) is 10.1 Å². The van der Waals surface area contributed by atoms with Crippen LogP contribution in [0.2, 0.25) is 0 Å². The van der Waals surface area contributed by atoms with Gasteiger partial charge in [0.15, 0.2) is 13.2 Å². The second-order valence-corrected chi connectivity index (χ2v) is 5.98. The highest BCUT2D eigenvalue weighted by Gasteiger charge is 2.30.